The minimum atomic E-state index is -0.426. The van der Waals surface area contributed by atoms with Crippen LogP contribution in [0.2, 0.25) is 0 Å². The van der Waals surface area contributed by atoms with Crippen LogP contribution < -0.4 is 11.1 Å². The maximum absolute atomic E-state index is 13.9. The lowest BCUT2D eigenvalue weighted by atomic mass is 9.94. The van der Waals surface area contributed by atoms with Crippen LogP contribution in [-0.2, 0) is 6.42 Å². The van der Waals surface area contributed by atoms with E-state index in [0.717, 1.165) is 5.56 Å². The molecule has 0 unspecified atom stereocenters. The van der Waals surface area contributed by atoms with E-state index in [0.29, 0.717) is 46.5 Å². The highest BCUT2D eigenvalue weighted by Gasteiger charge is 2.17. The molecule has 0 fully saturated rings. The second kappa shape index (κ2) is 8.44. The Balaban J connectivity index is 1.77. The maximum atomic E-state index is 13.9. The number of nitriles is 2. The molecule has 0 bridgehead atoms. The summed E-state index contributed by atoms with van der Waals surface area (Å²) >= 11 is 0. The fourth-order valence-corrected chi connectivity index (χ4v) is 3.44. The van der Waals surface area contributed by atoms with Crippen molar-refractivity contribution < 1.29 is 4.39 Å². The summed E-state index contributed by atoms with van der Waals surface area (Å²) < 4.78 is 13.9. The first-order chi connectivity index (χ1) is 15.1. The Kier molecular flexibility index (Phi) is 5.37. The largest absolute Gasteiger partial charge is 0.382 e. The molecular weight excluding hydrogens is 393 g/mol. The highest BCUT2D eigenvalue weighted by atomic mass is 19.1. The number of halogens is 1. The third kappa shape index (κ3) is 3.83. The molecule has 0 saturated carbocycles. The average molecular weight is 409 g/mol. The van der Waals surface area contributed by atoms with Crippen LogP contribution >= 0.6 is 0 Å². The molecule has 2 aromatic heterocycles. The first kappa shape index (κ1) is 19.7. The predicted molar refractivity (Wildman–Crippen MR) is 115 cm³/mol. The molecule has 3 N–H and O–H groups in total. The van der Waals surface area contributed by atoms with Crippen molar-refractivity contribution in [3.8, 4) is 23.3 Å². The number of aromatic nitrogens is 3. The van der Waals surface area contributed by atoms with Crippen molar-refractivity contribution in [2.75, 3.05) is 17.6 Å². The Morgan fingerprint density at radius 1 is 1.00 bits per heavy atom. The first-order valence-corrected chi connectivity index (χ1v) is 9.44. The second-order valence-electron chi connectivity index (χ2n) is 6.72. The molecule has 2 heterocycles. The average Bonchev–Trinajstić information content (AvgIpc) is 2.79. The van der Waals surface area contributed by atoms with Gasteiger partial charge in [-0.15, -0.1) is 0 Å². The number of hydrogen-bond acceptors (Lipinski definition) is 7. The van der Waals surface area contributed by atoms with Gasteiger partial charge >= 0.3 is 0 Å². The Bertz CT molecular complexity index is 1350. The quantitative estimate of drug-likeness (QED) is 0.513. The van der Waals surface area contributed by atoms with Crippen molar-refractivity contribution >= 4 is 22.5 Å². The SMILES string of the molecule is N#Cc1c(N)ncnc1NCCc1nc2ccc(F)cc2c(C#N)c1-c1ccccc1. The van der Waals surface area contributed by atoms with Crippen LogP contribution in [0.3, 0.4) is 0 Å². The molecule has 0 radical (unpaired) electrons. The van der Waals surface area contributed by atoms with Crippen molar-refractivity contribution in [3.05, 3.63) is 77.5 Å². The summed E-state index contributed by atoms with van der Waals surface area (Å²) in [6.07, 6.45) is 1.71. The molecule has 4 aromatic rings. The molecule has 8 heteroatoms. The number of nitrogens with two attached hydrogens (primary N) is 1. The molecule has 0 aliphatic heterocycles. The number of hydrogen-bond donors (Lipinski definition) is 2. The molecule has 150 valence electrons. The third-order valence-corrected chi connectivity index (χ3v) is 4.84. The number of anilines is 2. The van der Waals surface area contributed by atoms with Gasteiger partial charge in [0.25, 0.3) is 0 Å². The van der Waals surface area contributed by atoms with E-state index in [1.54, 1.807) is 6.07 Å². The van der Waals surface area contributed by atoms with Gasteiger partial charge < -0.3 is 11.1 Å². The van der Waals surface area contributed by atoms with Crippen molar-refractivity contribution in [3.63, 3.8) is 0 Å². The smallest absolute Gasteiger partial charge is 0.149 e. The zero-order valence-electron chi connectivity index (χ0n) is 16.3. The number of nitrogen functional groups attached to an aromatic ring is 1. The molecule has 31 heavy (non-hydrogen) atoms. The van der Waals surface area contributed by atoms with Gasteiger partial charge in [-0.2, -0.15) is 10.5 Å². The topological polar surface area (TPSA) is 124 Å². The summed E-state index contributed by atoms with van der Waals surface area (Å²) in [4.78, 5) is 12.6. The lowest BCUT2D eigenvalue weighted by molar-refractivity contribution is 0.629. The van der Waals surface area contributed by atoms with E-state index in [4.69, 9.17) is 10.7 Å². The summed E-state index contributed by atoms with van der Waals surface area (Å²) in [5.41, 5.74) is 8.97. The lowest BCUT2D eigenvalue weighted by Gasteiger charge is -2.15. The number of nitrogens with one attached hydrogen (secondary N) is 1. The molecule has 0 saturated heterocycles. The van der Waals surface area contributed by atoms with Crippen molar-refractivity contribution in [2.45, 2.75) is 6.42 Å². The summed E-state index contributed by atoms with van der Waals surface area (Å²) in [5.74, 6) is 0.00633. The Morgan fingerprint density at radius 2 is 1.77 bits per heavy atom. The number of pyridine rings is 1. The van der Waals surface area contributed by atoms with Crippen molar-refractivity contribution in [2.24, 2.45) is 0 Å². The molecule has 0 spiro atoms. The zero-order valence-corrected chi connectivity index (χ0v) is 16.3. The second-order valence-corrected chi connectivity index (χ2v) is 6.72. The van der Waals surface area contributed by atoms with E-state index >= 15 is 0 Å². The van der Waals surface area contributed by atoms with E-state index < -0.39 is 5.82 Å². The van der Waals surface area contributed by atoms with Crippen LogP contribution in [0.1, 0.15) is 16.8 Å². The monoisotopic (exact) mass is 409 g/mol. The number of benzene rings is 2. The molecule has 0 amide bonds. The first-order valence-electron chi connectivity index (χ1n) is 9.44. The van der Waals surface area contributed by atoms with Gasteiger partial charge in [-0.25, -0.2) is 14.4 Å². The van der Waals surface area contributed by atoms with Crippen LogP contribution in [0, 0.1) is 28.5 Å². The normalized spacial score (nSPS) is 10.4. The third-order valence-electron chi connectivity index (χ3n) is 4.84. The Labute approximate surface area is 177 Å². The summed E-state index contributed by atoms with van der Waals surface area (Å²) in [7, 11) is 0. The van der Waals surface area contributed by atoms with E-state index in [2.05, 4.69) is 21.4 Å². The standard InChI is InChI=1S/C23H16FN7/c24-15-6-7-19-16(10-15)17(11-25)21(14-4-2-1-3-5-14)20(31-19)8-9-28-23-18(12-26)22(27)29-13-30-23/h1-7,10,13H,8-9H2,(H3,27,28,29,30). The van der Waals surface area contributed by atoms with Crippen LogP contribution in [-0.4, -0.2) is 21.5 Å². The fraction of sp³-hybridized carbons (Fsp3) is 0.0870. The van der Waals surface area contributed by atoms with E-state index in [-0.39, 0.29) is 11.4 Å². The summed E-state index contributed by atoms with van der Waals surface area (Å²) in [6.45, 7) is 0.384. The number of fused-ring (bicyclic) bond motifs is 1. The van der Waals surface area contributed by atoms with Gasteiger partial charge in [-0.05, 0) is 23.8 Å². The van der Waals surface area contributed by atoms with E-state index in [1.165, 1.54) is 18.5 Å². The number of nitrogens with zero attached hydrogens (tertiary/aromatic N) is 5. The Hall–Kier alpha value is -4.56. The van der Waals surface area contributed by atoms with Crippen LogP contribution in [0.5, 0.6) is 0 Å². The van der Waals surface area contributed by atoms with Gasteiger partial charge in [0.15, 0.2) is 0 Å². The van der Waals surface area contributed by atoms with Crippen molar-refractivity contribution in [1.29, 1.82) is 10.5 Å². The van der Waals surface area contributed by atoms with Gasteiger partial charge in [0.2, 0.25) is 0 Å². The van der Waals surface area contributed by atoms with Crippen LogP contribution in [0.4, 0.5) is 16.0 Å². The van der Waals surface area contributed by atoms with Gasteiger partial charge in [-0.1, -0.05) is 30.3 Å². The summed E-state index contributed by atoms with van der Waals surface area (Å²) in [5, 5.41) is 22.8. The molecule has 0 aliphatic rings. The van der Waals surface area contributed by atoms with Gasteiger partial charge in [-0.3, -0.25) is 4.98 Å². The Morgan fingerprint density at radius 3 is 2.52 bits per heavy atom. The van der Waals surface area contributed by atoms with E-state index in [9.17, 15) is 14.9 Å². The molecule has 4 rings (SSSR count). The van der Waals surface area contributed by atoms with Gasteiger partial charge in [0, 0.05) is 23.9 Å². The minimum absolute atomic E-state index is 0.0996. The highest BCUT2D eigenvalue weighted by Crippen LogP contribution is 2.32. The summed E-state index contributed by atoms with van der Waals surface area (Å²) in [6, 6.07) is 17.8. The molecular formula is C23H16FN7. The minimum Gasteiger partial charge on any atom is -0.382 e. The fourth-order valence-electron chi connectivity index (χ4n) is 3.44. The van der Waals surface area contributed by atoms with Gasteiger partial charge in [0.05, 0.1) is 16.8 Å². The molecule has 0 aliphatic carbocycles. The zero-order chi connectivity index (χ0) is 21.8. The van der Waals surface area contributed by atoms with Crippen LogP contribution in [0.25, 0.3) is 22.0 Å². The number of rotatable bonds is 5. The van der Waals surface area contributed by atoms with E-state index in [1.807, 2.05) is 36.4 Å². The molecule has 7 nitrogen and oxygen atoms in total. The molecule has 2 aromatic carbocycles. The highest BCUT2D eigenvalue weighted by molar-refractivity contribution is 5.92. The van der Waals surface area contributed by atoms with Crippen LogP contribution in [0.15, 0.2) is 54.9 Å². The lowest BCUT2D eigenvalue weighted by Crippen LogP contribution is -2.12. The maximum Gasteiger partial charge on any atom is 0.149 e. The molecule has 0 atom stereocenters. The predicted octanol–water partition coefficient (Wildman–Crippen LogP) is 3.81. The van der Waals surface area contributed by atoms with Gasteiger partial charge in [0.1, 0.15) is 41.5 Å². The van der Waals surface area contributed by atoms with Crippen molar-refractivity contribution in [1.82, 2.24) is 15.0 Å².